The Bertz CT molecular complexity index is 667. The van der Waals surface area contributed by atoms with E-state index in [0.717, 1.165) is 42.1 Å². The zero-order valence-electron chi connectivity index (χ0n) is 12.3. The number of hydrogen-bond acceptors (Lipinski definition) is 3. The van der Waals surface area contributed by atoms with Crippen LogP contribution in [0.2, 0.25) is 5.02 Å². The van der Waals surface area contributed by atoms with Gasteiger partial charge in [0.2, 0.25) is 0 Å². The van der Waals surface area contributed by atoms with Gasteiger partial charge in [0.1, 0.15) is 12.4 Å². The normalized spacial score (nSPS) is 17.0. The summed E-state index contributed by atoms with van der Waals surface area (Å²) in [7, 11) is 0. The molecule has 0 bridgehead atoms. The SMILES string of the molecule is CCn1nc(C)c(Cl)c1COc1ccc2c(c1)CCC2O. The monoisotopic (exact) mass is 306 g/mol. The lowest BCUT2D eigenvalue weighted by atomic mass is 10.1. The molecule has 2 aromatic rings. The summed E-state index contributed by atoms with van der Waals surface area (Å²) in [5.74, 6) is 0.806. The van der Waals surface area contributed by atoms with E-state index < -0.39 is 0 Å². The summed E-state index contributed by atoms with van der Waals surface area (Å²) in [6.45, 7) is 5.09. The Morgan fingerprint density at radius 3 is 3.05 bits per heavy atom. The molecule has 3 rings (SSSR count). The van der Waals surface area contributed by atoms with Crippen molar-refractivity contribution in [2.75, 3.05) is 0 Å². The summed E-state index contributed by atoms with van der Waals surface area (Å²) in [5, 5.41) is 14.9. The van der Waals surface area contributed by atoms with Crippen molar-refractivity contribution in [3.63, 3.8) is 0 Å². The van der Waals surface area contributed by atoms with Crippen molar-refractivity contribution in [1.82, 2.24) is 9.78 Å². The average molecular weight is 307 g/mol. The minimum atomic E-state index is -0.326. The molecule has 1 aromatic heterocycles. The standard InChI is InChI=1S/C16H19ClN2O2/c1-3-19-14(16(17)10(2)18-19)9-21-12-5-6-13-11(8-12)4-7-15(13)20/h5-6,8,15,20H,3-4,7,9H2,1-2H3. The van der Waals surface area contributed by atoms with Gasteiger partial charge in [0.05, 0.1) is 22.5 Å². The molecule has 1 atom stereocenters. The Balaban J connectivity index is 1.77. The second kappa shape index (κ2) is 5.70. The van der Waals surface area contributed by atoms with E-state index in [2.05, 4.69) is 5.10 Å². The number of fused-ring (bicyclic) bond motifs is 1. The molecule has 1 aromatic carbocycles. The van der Waals surface area contributed by atoms with Crippen LogP contribution in [0.3, 0.4) is 0 Å². The molecule has 1 N–H and O–H groups in total. The lowest BCUT2D eigenvalue weighted by molar-refractivity contribution is 0.180. The first-order chi connectivity index (χ1) is 10.1. The number of nitrogens with zero attached hydrogens (tertiary/aromatic N) is 2. The molecule has 112 valence electrons. The Morgan fingerprint density at radius 1 is 1.48 bits per heavy atom. The lowest BCUT2D eigenvalue weighted by Crippen LogP contribution is -2.06. The molecule has 21 heavy (non-hydrogen) atoms. The zero-order valence-corrected chi connectivity index (χ0v) is 13.0. The predicted molar refractivity (Wildman–Crippen MR) is 81.7 cm³/mol. The van der Waals surface area contributed by atoms with Crippen molar-refractivity contribution < 1.29 is 9.84 Å². The number of rotatable bonds is 4. The Labute approximate surface area is 129 Å². The first-order valence-electron chi connectivity index (χ1n) is 7.25. The van der Waals surface area contributed by atoms with Crippen LogP contribution in [-0.4, -0.2) is 14.9 Å². The quantitative estimate of drug-likeness (QED) is 0.941. The molecule has 0 aliphatic heterocycles. The van der Waals surface area contributed by atoms with Crippen LogP contribution in [0.4, 0.5) is 0 Å². The second-order valence-corrected chi connectivity index (χ2v) is 5.74. The molecule has 0 amide bonds. The lowest BCUT2D eigenvalue weighted by Gasteiger charge is -2.10. The van der Waals surface area contributed by atoms with E-state index in [0.29, 0.717) is 11.6 Å². The van der Waals surface area contributed by atoms with Gasteiger partial charge in [0.25, 0.3) is 0 Å². The molecule has 0 fully saturated rings. The number of benzene rings is 1. The maximum atomic E-state index is 9.82. The van der Waals surface area contributed by atoms with Crippen LogP contribution in [0, 0.1) is 6.92 Å². The van der Waals surface area contributed by atoms with Crippen LogP contribution < -0.4 is 4.74 Å². The van der Waals surface area contributed by atoms with Gasteiger partial charge in [-0.25, -0.2) is 0 Å². The maximum absolute atomic E-state index is 9.82. The van der Waals surface area contributed by atoms with Crippen molar-refractivity contribution in [3.05, 3.63) is 45.7 Å². The molecule has 0 saturated heterocycles. The summed E-state index contributed by atoms with van der Waals surface area (Å²) in [6.07, 6.45) is 1.38. The van der Waals surface area contributed by atoms with E-state index in [1.165, 1.54) is 5.56 Å². The van der Waals surface area contributed by atoms with E-state index in [9.17, 15) is 5.11 Å². The summed E-state index contributed by atoms with van der Waals surface area (Å²) in [5.41, 5.74) is 3.92. The Morgan fingerprint density at radius 2 is 2.29 bits per heavy atom. The molecule has 1 heterocycles. The minimum absolute atomic E-state index is 0.326. The van der Waals surface area contributed by atoms with Crippen molar-refractivity contribution in [2.24, 2.45) is 0 Å². The van der Waals surface area contributed by atoms with Gasteiger partial charge in [-0.05, 0) is 49.9 Å². The van der Waals surface area contributed by atoms with Crippen LogP contribution in [0.15, 0.2) is 18.2 Å². The number of ether oxygens (including phenoxy) is 1. The number of aliphatic hydroxyl groups excluding tert-OH is 1. The highest BCUT2D eigenvalue weighted by atomic mass is 35.5. The molecule has 1 unspecified atom stereocenters. The van der Waals surface area contributed by atoms with Crippen molar-refractivity contribution in [3.8, 4) is 5.75 Å². The molecule has 0 saturated carbocycles. The van der Waals surface area contributed by atoms with Gasteiger partial charge in [-0.3, -0.25) is 4.68 Å². The number of aromatic nitrogens is 2. The summed E-state index contributed by atoms with van der Waals surface area (Å²) >= 11 is 6.28. The molecular formula is C16H19ClN2O2. The third kappa shape index (κ3) is 2.65. The Kier molecular flexibility index (Phi) is 3.91. The van der Waals surface area contributed by atoms with Gasteiger partial charge < -0.3 is 9.84 Å². The highest BCUT2D eigenvalue weighted by Gasteiger charge is 2.20. The van der Waals surface area contributed by atoms with Crippen molar-refractivity contribution >= 4 is 11.6 Å². The molecule has 4 nitrogen and oxygen atoms in total. The van der Waals surface area contributed by atoms with E-state index >= 15 is 0 Å². The van der Waals surface area contributed by atoms with E-state index in [-0.39, 0.29) is 6.10 Å². The molecule has 0 radical (unpaired) electrons. The average Bonchev–Trinajstić information content (AvgIpc) is 2.98. The van der Waals surface area contributed by atoms with E-state index in [4.69, 9.17) is 16.3 Å². The third-order valence-electron chi connectivity index (χ3n) is 3.99. The number of halogens is 1. The molecule has 1 aliphatic carbocycles. The van der Waals surface area contributed by atoms with Crippen LogP contribution in [-0.2, 0) is 19.6 Å². The summed E-state index contributed by atoms with van der Waals surface area (Å²) in [4.78, 5) is 0. The Hall–Kier alpha value is -1.52. The van der Waals surface area contributed by atoms with Crippen molar-refractivity contribution in [2.45, 2.75) is 45.9 Å². The van der Waals surface area contributed by atoms with Gasteiger partial charge >= 0.3 is 0 Å². The predicted octanol–water partition coefficient (Wildman–Crippen LogP) is 3.42. The van der Waals surface area contributed by atoms with Gasteiger partial charge in [-0.2, -0.15) is 5.10 Å². The number of aryl methyl sites for hydroxylation is 3. The number of aliphatic hydroxyl groups is 1. The van der Waals surface area contributed by atoms with E-state index in [1.54, 1.807) is 0 Å². The smallest absolute Gasteiger partial charge is 0.131 e. The molecular weight excluding hydrogens is 288 g/mol. The summed E-state index contributed by atoms with van der Waals surface area (Å²) < 4.78 is 7.73. The fraction of sp³-hybridized carbons (Fsp3) is 0.438. The topological polar surface area (TPSA) is 47.3 Å². The van der Waals surface area contributed by atoms with Gasteiger partial charge in [-0.15, -0.1) is 0 Å². The van der Waals surface area contributed by atoms with E-state index in [1.807, 2.05) is 36.7 Å². The maximum Gasteiger partial charge on any atom is 0.131 e. The first kappa shape index (κ1) is 14.4. The highest BCUT2D eigenvalue weighted by Crippen LogP contribution is 2.33. The zero-order chi connectivity index (χ0) is 15.0. The van der Waals surface area contributed by atoms with Crippen LogP contribution >= 0.6 is 11.6 Å². The second-order valence-electron chi connectivity index (χ2n) is 5.37. The van der Waals surface area contributed by atoms with Crippen molar-refractivity contribution in [1.29, 1.82) is 0 Å². The number of hydrogen-bond donors (Lipinski definition) is 1. The third-order valence-corrected chi connectivity index (χ3v) is 4.48. The van der Waals surface area contributed by atoms with Gasteiger partial charge in [0.15, 0.2) is 0 Å². The fourth-order valence-electron chi connectivity index (χ4n) is 2.82. The minimum Gasteiger partial charge on any atom is -0.487 e. The highest BCUT2D eigenvalue weighted by molar-refractivity contribution is 6.31. The summed E-state index contributed by atoms with van der Waals surface area (Å²) in [6, 6.07) is 5.87. The van der Waals surface area contributed by atoms with Crippen LogP contribution in [0.5, 0.6) is 5.75 Å². The fourth-order valence-corrected chi connectivity index (χ4v) is 3.01. The van der Waals surface area contributed by atoms with Crippen LogP contribution in [0.25, 0.3) is 0 Å². The largest absolute Gasteiger partial charge is 0.487 e. The van der Waals surface area contributed by atoms with Crippen LogP contribution in [0.1, 0.15) is 42.0 Å². The molecule has 0 spiro atoms. The molecule has 1 aliphatic rings. The van der Waals surface area contributed by atoms with Gasteiger partial charge in [0, 0.05) is 6.54 Å². The molecule has 5 heteroatoms. The first-order valence-corrected chi connectivity index (χ1v) is 7.63. The van der Waals surface area contributed by atoms with Gasteiger partial charge in [-0.1, -0.05) is 17.7 Å².